The van der Waals surface area contributed by atoms with E-state index in [1.165, 1.54) is 16.3 Å². The summed E-state index contributed by atoms with van der Waals surface area (Å²) in [5.74, 6) is 0. The lowest BCUT2D eigenvalue weighted by Crippen LogP contribution is -2.50. The van der Waals surface area contributed by atoms with Crippen molar-refractivity contribution in [1.29, 1.82) is 0 Å². The van der Waals surface area contributed by atoms with E-state index in [2.05, 4.69) is 90.4 Å². The van der Waals surface area contributed by atoms with E-state index < -0.39 is 17.4 Å². The second-order valence-electron chi connectivity index (χ2n) is 8.27. The first-order chi connectivity index (χ1) is 11.5. The third-order valence-corrected chi connectivity index (χ3v) is 14.8. The molecule has 0 heterocycles. The van der Waals surface area contributed by atoms with Crippen LogP contribution in [0.25, 0.3) is 0 Å². The van der Waals surface area contributed by atoms with Gasteiger partial charge in [0.2, 0.25) is 9.04 Å². The zero-order valence-electron chi connectivity index (χ0n) is 17.4. The summed E-state index contributed by atoms with van der Waals surface area (Å²) in [4.78, 5) is 0. The predicted molar refractivity (Wildman–Crippen MR) is 118 cm³/mol. The summed E-state index contributed by atoms with van der Waals surface area (Å²) in [6, 6.07) is 6.65. The van der Waals surface area contributed by atoms with Crippen LogP contribution in [-0.2, 0) is 4.12 Å². The zero-order valence-corrected chi connectivity index (χ0v) is 20.4. The average molecular weight is 391 g/mol. The largest absolute Gasteiger partial charge is 0.451 e. The molecule has 1 aromatic rings. The van der Waals surface area contributed by atoms with Crippen molar-refractivity contribution >= 4 is 32.1 Å². The second-order valence-corrected chi connectivity index (χ2v) is 16.8. The Morgan fingerprint density at radius 3 is 2.48 bits per heavy atom. The van der Waals surface area contributed by atoms with Crippen LogP contribution in [0.3, 0.4) is 0 Å². The molecule has 0 aliphatic carbocycles. The Hall–Kier alpha value is -0.469. The van der Waals surface area contributed by atoms with Crippen molar-refractivity contribution < 1.29 is 4.12 Å². The van der Waals surface area contributed by atoms with Crippen LogP contribution in [0.5, 0.6) is 0 Å². The highest BCUT2D eigenvalue weighted by Crippen LogP contribution is 2.36. The summed E-state index contributed by atoms with van der Waals surface area (Å²) in [5.41, 5.74) is 5.40. The van der Waals surface area contributed by atoms with Crippen LogP contribution in [0, 0.1) is 13.8 Å². The smallest absolute Gasteiger partial charge is 0.241 e. The molecule has 1 atom stereocenters. The number of aryl methyl sites for hydroxylation is 1. The van der Waals surface area contributed by atoms with Crippen molar-refractivity contribution in [2.75, 3.05) is 6.17 Å². The summed E-state index contributed by atoms with van der Waals surface area (Å²) in [7, 11) is -1.95. The molecule has 0 bridgehead atoms. The maximum absolute atomic E-state index is 6.60. The molecule has 1 unspecified atom stereocenters. The van der Waals surface area contributed by atoms with E-state index in [9.17, 15) is 0 Å². The zero-order chi connectivity index (χ0) is 19.3. The first-order valence-corrected chi connectivity index (χ1v) is 14.9. The lowest BCUT2D eigenvalue weighted by molar-refractivity contribution is 0.498. The summed E-state index contributed by atoms with van der Waals surface area (Å²) < 4.78 is 6.60. The highest BCUT2D eigenvalue weighted by atomic mass is 28.4. The highest BCUT2D eigenvalue weighted by Gasteiger charge is 2.38. The van der Waals surface area contributed by atoms with Crippen LogP contribution in [-0.4, -0.2) is 38.7 Å². The molecule has 0 fully saturated rings. The molecule has 0 amide bonds. The number of rotatable bonds is 9. The Morgan fingerprint density at radius 1 is 1.32 bits per heavy atom. The summed E-state index contributed by atoms with van der Waals surface area (Å²) in [6.45, 7) is 22.3. The Kier molecular flexibility index (Phi) is 8.54. The predicted octanol–water partition coefficient (Wildman–Crippen LogP) is 4.24. The Bertz CT molecular complexity index is 567. The van der Waals surface area contributed by atoms with E-state index in [0.717, 1.165) is 22.1 Å². The Morgan fingerprint density at radius 2 is 1.96 bits per heavy atom. The van der Waals surface area contributed by atoms with Gasteiger partial charge in [0.15, 0.2) is 8.32 Å². The van der Waals surface area contributed by atoms with E-state index >= 15 is 0 Å². The van der Waals surface area contributed by atoms with Gasteiger partial charge in [-0.05, 0) is 49.5 Å². The molecule has 5 heteroatoms. The molecule has 1 rings (SSSR count). The van der Waals surface area contributed by atoms with Gasteiger partial charge in [-0.15, -0.1) is 6.58 Å². The van der Waals surface area contributed by atoms with E-state index in [1.807, 2.05) is 0 Å². The van der Waals surface area contributed by atoms with E-state index in [-0.39, 0.29) is 5.04 Å². The van der Waals surface area contributed by atoms with Crippen LogP contribution in [0.4, 0.5) is 0 Å². The molecule has 0 aromatic heterocycles. The van der Waals surface area contributed by atoms with E-state index in [4.69, 9.17) is 4.12 Å². The van der Waals surface area contributed by atoms with Crippen molar-refractivity contribution in [3.8, 4) is 0 Å². The van der Waals surface area contributed by atoms with E-state index in [1.54, 1.807) is 0 Å². The fourth-order valence-corrected chi connectivity index (χ4v) is 8.90. The highest BCUT2D eigenvalue weighted by molar-refractivity contribution is 6.81. The Labute approximate surface area is 161 Å². The summed E-state index contributed by atoms with van der Waals surface area (Å²) in [6.07, 6.45) is 2.08. The maximum Gasteiger partial charge on any atom is 0.241 e. The molecule has 0 aliphatic heterocycles. The molecule has 0 saturated heterocycles. The van der Waals surface area contributed by atoms with Gasteiger partial charge < -0.3 is 9.43 Å². The van der Waals surface area contributed by atoms with Gasteiger partial charge in [0.1, 0.15) is 9.52 Å². The molecule has 0 aliphatic rings. The minimum atomic E-state index is -1.73. The number of benzene rings is 1. The van der Waals surface area contributed by atoms with Gasteiger partial charge >= 0.3 is 0 Å². The summed E-state index contributed by atoms with van der Waals surface area (Å²) >= 11 is 0. The van der Waals surface area contributed by atoms with Crippen LogP contribution >= 0.6 is 0 Å². The maximum atomic E-state index is 6.60. The molecule has 1 aromatic carbocycles. The SMILES string of the molecule is C=C[Si](CNC(CC)[Si]c1cccc(C)c1C)O[Si](C)(C)C(C)(C)C. The van der Waals surface area contributed by atoms with Crippen molar-refractivity contribution in [1.82, 2.24) is 5.32 Å². The van der Waals surface area contributed by atoms with Gasteiger partial charge in [0, 0.05) is 11.8 Å². The second kappa shape index (κ2) is 9.46. The molecular weight excluding hydrogens is 354 g/mol. The molecule has 25 heavy (non-hydrogen) atoms. The van der Waals surface area contributed by atoms with Gasteiger partial charge in [-0.3, -0.25) is 0 Å². The molecule has 0 saturated carbocycles. The van der Waals surface area contributed by atoms with Gasteiger partial charge in [-0.2, -0.15) is 0 Å². The minimum Gasteiger partial charge on any atom is -0.451 e. The minimum absolute atomic E-state index is 0.247. The van der Waals surface area contributed by atoms with E-state index in [0.29, 0.717) is 5.67 Å². The molecule has 139 valence electrons. The number of nitrogens with one attached hydrogen (secondary N) is 1. The van der Waals surface area contributed by atoms with Crippen LogP contribution in [0.15, 0.2) is 30.5 Å². The van der Waals surface area contributed by atoms with Crippen molar-refractivity contribution in [3.63, 3.8) is 0 Å². The quantitative estimate of drug-likeness (QED) is 0.637. The molecule has 2 nitrogen and oxygen atoms in total. The van der Waals surface area contributed by atoms with Crippen molar-refractivity contribution in [2.45, 2.75) is 71.8 Å². The summed E-state index contributed by atoms with van der Waals surface area (Å²) in [5, 5.41) is 5.50. The van der Waals surface area contributed by atoms with Crippen molar-refractivity contribution in [3.05, 3.63) is 41.6 Å². The molecule has 3 radical (unpaired) electrons. The van der Waals surface area contributed by atoms with Crippen LogP contribution < -0.4 is 10.5 Å². The fraction of sp³-hybridized carbons (Fsp3) is 0.600. The molecule has 0 spiro atoms. The Balaban J connectivity index is 2.68. The molecule has 1 N–H and O–H groups in total. The molecular formula is C20H36NOSi3. The first kappa shape index (κ1) is 22.6. The van der Waals surface area contributed by atoms with Crippen LogP contribution in [0.2, 0.25) is 18.1 Å². The van der Waals surface area contributed by atoms with Crippen molar-refractivity contribution in [2.24, 2.45) is 0 Å². The van der Waals surface area contributed by atoms with Gasteiger partial charge in [-0.25, -0.2) is 0 Å². The lowest BCUT2D eigenvalue weighted by Gasteiger charge is -2.38. The van der Waals surface area contributed by atoms with Gasteiger partial charge in [-0.1, -0.05) is 56.8 Å². The average Bonchev–Trinajstić information content (AvgIpc) is 2.52. The topological polar surface area (TPSA) is 21.3 Å². The fourth-order valence-electron chi connectivity index (χ4n) is 2.25. The third-order valence-electron chi connectivity index (χ3n) is 5.29. The number of hydrogen-bond acceptors (Lipinski definition) is 2. The third kappa shape index (κ3) is 6.64. The van der Waals surface area contributed by atoms with Gasteiger partial charge in [0.25, 0.3) is 0 Å². The monoisotopic (exact) mass is 390 g/mol. The van der Waals surface area contributed by atoms with Gasteiger partial charge in [0.05, 0.1) is 0 Å². The first-order valence-electron chi connectivity index (χ1n) is 9.25. The number of hydrogen-bond donors (Lipinski definition) is 1. The van der Waals surface area contributed by atoms with Crippen LogP contribution in [0.1, 0.15) is 45.2 Å². The standard InChI is InChI=1S/C20H36NOSi3/c1-10-19(23-18-14-12-13-16(3)17(18)4)21-15-24(11-2)22-25(8,9)20(5,6)7/h11-14,19,21H,2,10,15H2,1,3-9H3. The lowest BCUT2D eigenvalue weighted by atomic mass is 10.1. The normalized spacial score (nSPS) is 14.0.